The van der Waals surface area contributed by atoms with Crippen molar-refractivity contribution in [3.63, 3.8) is 0 Å². The molecule has 0 fully saturated rings. The maximum Gasteiger partial charge on any atom is 0.0464 e. The maximum absolute atomic E-state index is 6.38. The maximum atomic E-state index is 6.38. The average Bonchev–Trinajstić information content (AvgIpc) is 3.10. The summed E-state index contributed by atoms with van der Waals surface area (Å²) in [5.41, 5.74) is 20.8. The number of nitrogens with zero attached hydrogens (tertiary/aromatic N) is 2. The van der Waals surface area contributed by atoms with Crippen LogP contribution in [0.25, 0.3) is 22.3 Å². The highest BCUT2D eigenvalue weighted by Crippen LogP contribution is 2.40. The van der Waals surface area contributed by atoms with Crippen LogP contribution in [0.5, 0.6) is 0 Å². The molecule has 0 spiro atoms. The van der Waals surface area contributed by atoms with Gasteiger partial charge in [-0.25, -0.2) is 0 Å². The lowest BCUT2D eigenvalue weighted by molar-refractivity contribution is 1.26. The van der Waals surface area contributed by atoms with Gasteiger partial charge in [0.15, 0.2) is 0 Å². The Morgan fingerprint density at radius 3 is 1.21 bits per heavy atom. The minimum Gasteiger partial charge on any atom is -0.399 e. The second kappa shape index (κ2) is 13.1. The Hall–Kier alpha value is -6.06. The molecule has 3 nitrogen and oxygen atoms in total. The van der Waals surface area contributed by atoms with E-state index in [4.69, 9.17) is 5.73 Å². The summed E-state index contributed by atoms with van der Waals surface area (Å²) < 4.78 is 0. The quantitative estimate of drug-likeness (QED) is 0.174. The molecule has 0 aromatic heterocycles. The fourth-order valence-electron chi connectivity index (χ4n) is 6.22. The zero-order valence-corrected chi connectivity index (χ0v) is 26.7. The first-order chi connectivity index (χ1) is 23.0. The Labute approximate surface area is 277 Å². The van der Waals surface area contributed by atoms with Gasteiger partial charge in [0, 0.05) is 39.8 Å². The van der Waals surface area contributed by atoms with Gasteiger partial charge in [0.25, 0.3) is 0 Å². The number of benzene rings is 7. The molecule has 0 amide bonds. The minimum absolute atomic E-state index is 0.741. The zero-order valence-electron chi connectivity index (χ0n) is 26.7. The first-order valence-corrected chi connectivity index (χ1v) is 16.0. The van der Waals surface area contributed by atoms with E-state index in [2.05, 4.69) is 181 Å². The van der Waals surface area contributed by atoms with Crippen molar-refractivity contribution >= 4 is 39.8 Å². The van der Waals surface area contributed by atoms with Crippen LogP contribution in [-0.2, 0) is 0 Å². The molecule has 0 radical (unpaired) electrons. The fourth-order valence-corrected chi connectivity index (χ4v) is 6.22. The highest BCUT2D eigenvalue weighted by molar-refractivity contribution is 5.88. The molecule has 228 valence electrons. The van der Waals surface area contributed by atoms with E-state index in [0.717, 1.165) is 62.1 Å². The molecule has 0 heterocycles. The van der Waals surface area contributed by atoms with Crippen molar-refractivity contribution in [3.05, 3.63) is 187 Å². The van der Waals surface area contributed by atoms with Gasteiger partial charge < -0.3 is 15.5 Å². The third-order valence-corrected chi connectivity index (χ3v) is 8.47. The van der Waals surface area contributed by atoms with Gasteiger partial charge in [-0.05, 0) is 132 Å². The van der Waals surface area contributed by atoms with Crippen LogP contribution in [0, 0.1) is 13.8 Å². The fraction of sp³-hybridized carbons (Fsp3) is 0.0455. The second-order valence-electron chi connectivity index (χ2n) is 11.9. The largest absolute Gasteiger partial charge is 0.399 e. The first kappa shape index (κ1) is 29.6. The van der Waals surface area contributed by atoms with Crippen LogP contribution in [0.4, 0.5) is 39.8 Å². The predicted octanol–water partition coefficient (Wildman–Crippen LogP) is 12.2. The van der Waals surface area contributed by atoms with E-state index in [1.807, 2.05) is 18.2 Å². The molecule has 0 atom stereocenters. The van der Waals surface area contributed by atoms with Crippen molar-refractivity contribution in [2.24, 2.45) is 0 Å². The average molecular weight is 608 g/mol. The second-order valence-corrected chi connectivity index (χ2v) is 11.9. The molecule has 7 rings (SSSR count). The van der Waals surface area contributed by atoms with Crippen molar-refractivity contribution in [2.75, 3.05) is 15.5 Å². The smallest absolute Gasteiger partial charge is 0.0464 e. The third-order valence-electron chi connectivity index (χ3n) is 8.47. The van der Waals surface area contributed by atoms with Crippen LogP contribution in [0.3, 0.4) is 0 Å². The predicted molar refractivity (Wildman–Crippen MR) is 201 cm³/mol. The molecule has 0 saturated carbocycles. The monoisotopic (exact) mass is 607 g/mol. The van der Waals surface area contributed by atoms with Gasteiger partial charge in [-0.1, -0.05) is 91.0 Å². The number of hydrogen-bond acceptors (Lipinski definition) is 3. The molecule has 2 N–H and O–H groups in total. The molecular weight excluding hydrogens is 571 g/mol. The van der Waals surface area contributed by atoms with Crippen LogP contribution < -0.4 is 15.5 Å². The van der Waals surface area contributed by atoms with Gasteiger partial charge in [0.05, 0.1) is 0 Å². The number of nitrogen functional groups attached to an aromatic ring is 1. The molecule has 0 aliphatic rings. The highest BCUT2D eigenvalue weighted by Gasteiger charge is 2.16. The Balaban J connectivity index is 1.25. The van der Waals surface area contributed by atoms with Crippen LogP contribution in [0.15, 0.2) is 176 Å². The first-order valence-electron chi connectivity index (χ1n) is 16.0. The SMILES string of the molecule is Cc1cccc(N(c2ccc(-c3cc(N)ccc3-c3ccc(N(c4ccccc4)c4ccccc4)cc3)cc2)c2cccc(C)c2)c1. The van der Waals surface area contributed by atoms with Gasteiger partial charge in [-0.15, -0.1) is 0 Å². The van der Waals surface area contributed by atoms with E-state index in [0.29, 0.717) is 0 Å². The van der Waals surface area contributed by atoms with Crippen LogP contribution >= 0.6 is 0 Å². The van der Waals surface area contributed by atoms with Crippen LogP contribution in [-0.4, -0.2) is 0 Å². The molecule has 47 heavy (non-hydrogen) atoms. The van der Waals surface area contributed by atoms with Gasteiger partial charge in [0.1, 0.15) is 0 Å². The van der Waals surface area contributed by atoms with Crippen LogP contribution in [0.1, 0.15) is 11.1 Å². The summed E-state index contributed by atoms with van der Waals surface area (Å²) in [6, 6.07) is 62.1. The van der Waals surface area contributed by atoms with Crippen LogP contribution in [0.2, 0.25) is 0 Å². The van der Waals surface area contributed by atoms with Crippen molar-refractivity contribution < 1.29 is 0 Å². The van der Waals surface area contributed by atoms with Gasteiger partial charge in [0.2, 0.25) is 0 Å². The summed E-state index contributed by atoms with van der Waals surface area (Å²) in [5.74, 6) is 0. The number of hydrogen-bond donors (Lipinski definition) is 1. The lowest BCUT2D eigenvalue weighted by atomic mass is 9.93. The topological polar surface area (TPSA) is 32.5 Å². The highest BCUT2D eigenvalue weighted by atomic mass is 15.1. The number of para-hydroxylation sites is 2. The summed E-state index contributed by atoms with van der Waals surface area (Å²) >= 11 is 0. The minimum atomic E-state index is 0.741. The Morgan fingerprint density at radius 2 is 0.745 bits per heavy atom. The molecule has 0 aliphatic heterocycles. The Kier molecular flexibility index (Phi) is 8.27. The molecule has 3 heteroatoms. The van der Waals surface area contributed by atoms with E-state index >= 15 is 0 Å². The third kappa shape index (κ3) is 6.38. The lowest BCUT2D eigenvalue weighted by Gasteiger charge is -2.26. The van der Waals surface area contributed by atoms with E-state index < -0.39 is 0 Å². The number of aryl methyl sites for hydroxylation is 2. The normalized spacial score (nSPS) is 10.9. The molecule has 7 aromatic carbocycles. The molecule has 0 bridgehead atoms. The van der Waals surface area contributed by atoms with Gasteiger partial charge in [-0.2, -0.15) is 0 Å². The summed E-state index contributed by atoms with van der Waals surface area (Å²) in [5, 5.41) is 0. The standard InChI is InChI=1S/C44H37N3/c1-32-11-9-17-41(29-32)47(42-18-10-12-33(2)30-42)40-26-21-35(22-27-40)44-31-36(45)23-28-43(44)34-19-24-39(25-20-34)46(37-13-5-3-6-14-37)38-15-7-4-8-16-38/h3-31H,45H2,1-2H3. The number of nitrogens with two attached hydrogens (primary N) is 1. The van der Waals surface area contributed by atoms with E-state index in [1.165, 1.54) is 11.1 Å². The van der Waals surface area contributed by atoms with E-state index in [-0.39, 0.29) is 0 Å². The van der Waals surface area contributed by atoms with E-state index in [9.17, 15) is 0 Å². The molecular formula is C44H37N3. The molecule has 7 aromatic rings. The molecule has 0 aliphatic carbocycles. The Morgan fingerprint density at radius 1 is 0.340 bits per heavy atom. The summed E-state index contributed by atoms with van der Waals surface area (Å²) in [7, 11) is 0. The van der Waals surface area contributed by atoms with Crippen molar-refractivity contribution in [2.45, 2.75) is 13.8 Å². The summed E-state index contributed by atoms with van der Waals surface area (Å²) in [4.78, 5) is 4.59. The molecule has 0 unspecified atom stereocenters. The number of anilines is 7. The summed E-state index contributed by atoms with van der Waals surface area (Å²) in [6.45, 7) is 4.27. The van der Waals surface area contributed by atoms with Crippen molar-refractivity contribution in [3.8, 4) is 22.3 Å². The number of rotatable bonds is 8. The van der Waals surface area contributed by atoms with Crippen molar-refractivity contribution in [1.82, 2.24) is 0 Å². The van der Waals surface area contributed by atoms with Crippen molar-refractivity contribution in [1.29, 1.82) is 0 Å². The lowest BCUT2D eigenvalue weighted by Crippen LogP contribution is -2.10. The van der Waals surface area contributed by atoms with Gasteiger partial charge in [-0.3, -0.25) is 0 Å². The Bertz CT molecular complexity index is 2020. The van der Waals surface area contributed by atoms with E-state index in [1.54, 1.807) is 0 Å². The van der Waals surface area contributed by atoms with Gasteiger partial charge >= 0.3 is 0 Å². The summed E-state index contributed by atoms with van der Waals surface area (Å²) in [6.07, 6.45) is 0. The zero-order chi connectivity index (χ0) is 32.2. The molecule has 0 saturated heterocycles.